The van der Waals surface area contributed by atoms with E-state index < -0.39 is 136 Å². The topological polar surface area (TPSA) is 307 Å². The quantitative estimate of drug-likeness (QED) is 0.118. The van der Waals surface area contributed by atoms with Crippen LogP contribution in [0.1, 0.15) is 13.8 Å². The van der Waals surface area contributed by atoms with E-state index in [-0.39, 0.29) is 0 Å². The molecule has 0 aliphatic carbocycles. The van der Waals surface area contributed by atoms with E-state index in [1.807, 2.05) is 0 Å². The molecule has 0 aromatic heterocycles. The summed E-state index contributed by atoms with van der Waals surface area (Å²) in [6.07, 6.45) is -33.2. The van der Waals surface area contributed by atoms with Gasteiger partial charge in [-0.25, -0.2) is 0 Å². The van der Waals surface area contributed by atoms with Crippen molar-refractivity contribution in [2.24, 2.45) is 0 Å². The highest BCUT2D eigenvalue weighted by Crippen LogP contribution is 2.34. The van der Waals surface area contributed by atoms with Crippen molar-refractivity contribution in [3.63, 3.8) is 0 Å². The van der Waals surface area contributed by atoms with Crippen LogP contribution < -0.4 is 0 Å². The molecule has 20 atom stereocenters. The summed E-state index contributed by atoms with van der Waals surface area (Å²) >= 11 is 0. The molecule has 43 heavy (non-hydrogen) atoms. The van der Waals surface area contributed by atoms with Crippen molar-refractivity contribution in [3.8, 4) is 0 Å². The molecular weight excluding hydrogens is 592 g/mol. The van der Waals surface area contributed by atoms with Crippen LogP contribution in [-0.4, -0.2) is 197 Å². The van der Waals surface area contributed by atoms with Crippen LogP contribution in [0.4, 0.5) is 0 Å². The van der Waals surface area contributed by atoms with Crippen molar-refractivity contribution in [3.05, 3.63) is 0 Å². The van der Waals surface area contributed by atoms with E-state index in [2.05, 4.69) is 0 Å². The van der Waals surface area contributed by atoms with E-state index >= 15 is 0 Å². The minimum Gasteiger partial charge on any atom is -0.394 e. The van der Waals surface area contributed by atoms with Gasteiger partial charge < -0.3 is 94.4 Å². The van der Waals surface area contributed by atoms with E-state index in [1.54, 1.807) is 0 Å². The van der Waals surface area contributed by atoms with Crippen LogP contribution in [-0.2, 0) is 33.2 Å². The molecule has 0 unspecified atom stereocenters. The van der Waals surface area contributed by atoms with Crippen molar-refractivity contribution in [2.45, 2.75) is 137 Å². The first kappa shape index (κ1) is 35.1. The van der Waals surface area contributed by atoms with Crippen LogP contribution in [0.5, 0.6) is 0 Å². The summed E-state index contributed by atoms with van der Waals surface area (Å²) in [5.74, 6) is 0. The molecule has 19 nitrogen and oxygen atoms in total. The molecular formula is C24H42O19. The average molecular weight is 635 g/mol. The first-order valence-electron chi connectivity index (χ1n) is 13.8. The maximum atomic E-state index is 11.0. The van der Waals surface area contributed by atoms with E-state index in [9.17, 15) is 61.3 Å². The summed E-state index contributed by atoms with van der Waals surface area (Å²) in [7, 11) is 0. The molecule has 252 valence electrons. The Labute approximate surface area is 244 Å². The molecule has 0 saturated carbocycles. The third-order valence-corrected chi connectivity index (χ3v) is 8.13. The van der Waals surface area contributed by atoms with Gasteiger partial charge in [0.2, 0.25) is 0 Å². The molecule has 4 aliphatic heterocycles. The van der Waals surface area contributed by atoms with Crippen LogP contribution in [0.2, 0.25) is 0 Å². The number of hydrogen-bond donors (Lipinski definition) is 12. The number of aliphatic hydroxyl groups is 12. The largest absolute Gasteiger partial charge is 0.394 e. The third-order valence-electron chi connectivity index (χ3n) is 8.13. The summed E-state index contributed by atoms with van der Waals surface area (Å²) < 4.78 is 38.8. The van der Waals surface area contributed by atoms with Crippen LogP contribution in [0.15, 0.2) is 0 Å². The lowest BCUT2D eigenvalue weighted by Crippen LogP contribution is -2.67. The van der Waals surface area contributed by atoms with Crippen LogP contribution in [0, 0.1) is 0 Å². The maximum Gasteiger partial charge on any atom is 0.187 e. The van der Waals surface area contributed by atoms with Gasteiger partial charge in [0.25, 0.3) is 0 Å². The summed E-state index contributed by atoms with van der Waals surface area (Å²) in [5.41, 5.74) is 0. The van der Waals surface area contributed by atoms with Crippen molar-refractivity contribution >= 4 is 0 Å². The molecule has 0 bridgehead atoms. The van der Waals surface area contributed by atoms with Gasteiger partial charge in [0.15, 0.2) is 25.2 Å². The minimum absolute atomic E-state index is 0.786. The Balaban J connectivity index is 1.60. The zero-order valence-electron chi connectivity index (χ0n) is 23.2. The van der Waals surface area contributed by atoms with Gasteiger partial charge in [-0.3, -0.25) is 0 Å². The Morgan fingerprint density at radius 1 is 0.419 bits per heavy atom. The van der Waals surface area contributed by atoms with Gasteiger partial charge >= 0.3 is 0 Å². The van der Waals surface area contributed by atoms with Crippen LogP contribution >= 0.6 is 0 Å². The smallest absolute Gasteiger partial charge is 0.187 e. The lowest BCUT2D eigenvalue weighted by Gasteiger charge is -2.49. The fourth-order valence-electron chi connectivity index (χ4n) is 5.39. The third kappa shape index (κ3) is 7.00. The van der Waals surface area contributed by atoms with Gasteiger partial charge in [-0.1, -0.05) is 0 Å². The Kier molecular flexibility index (Phi) is 11.7. The molecule has 19 heteroatoms. The zero-order valence-corrected chi connectivity index (χ0v) is 23.2. The highest BCUT2D eigenvalue weighted by atomic mass is 16.8. The van der Waals surface area contributed by atoms with Crippen molar-refractivity contribution in [1.29, 1.82) is 0 Å². The van der Waals surface area contributed by atoms with E-state index in [0.29, 0.717) is 0 Å². The molecule has 4 saturated heterocycles. The molecule has 4 fully saturated rings. The highest BCUT2D eigenvalue weighted by Gasteiger charge is 2.55. The summed E-state index contributed by atoms with van der Waals surface area (Å²) in [5, 5.41) is 123. The molecule has 0 aromatic rings. The first-order chi connectivity index (χ1) is 20.2. The van der Waals surface area contributed by atoms with Gasteiger partial charge in [0, 0.05) is 0 Å². The van der Waals surface area contributed by atoms with Crippen molar-refractivity contribution < 1.29 is 94.4 Å². The normalized spacial score (nSPS) is 54.8. The molecule has 0 spiro atoms. The van der Waals surface area contributed by atoms with E-state index in [4.69, 9.17) is 33.2 Å². The molecule has 0 aromatic carbocycles. The zero-order chi connectivity index (χ0) is 31.9. The summed E-state index contributed by atoms with van der Waals surface area (Å²) in [6.45, 7) is 1.12. The van der Waals surface area contributed by atoms with Gasteiger partial charge in [0.1, 0.15) is 85.5 Å². The number of hydrogen-bond acceptors (Lipinski definition) is 19. The van der Waals surface area contributed by atoms with Crippen molar-refractivity contribution in [1.82, 2.24) is 0 Å². The Morgan fingerprint density at radius 2 is 0.860 bits per heavy atom. The first-order valence-corrected chi connectivity index (χ1v) is 13.8. The predicted octanol–water partition coefficient (Wildman–Crippen LogP) is -7.69. The van der Waals surface area contributed by atoms with Gasteiger partial charge in [-0.15, -0.1) is 0 Å². The van der Waals surface area contributed by atoms with Gasteiger partial charge in [-0.05, 0) is 13.8 Å². The highest BCUT2D eigenvalue weighted by molar-refractivity contribution is 4.97. The second-order valence-corrected chi connectivity index (χ2v) is 11.1. The van der Waals surface area contributed by atoms with Crippen LogP contribution in [0.3, 0.4) is 0 Å². The van der Waals surface area contributed by atoms with E-state index in [1.165, 1.54) is 13.8 Å². The number of ether oxygens (including phenoxy) is 7. The fourth-order valence-corrected chi connectivity index (χ4v) is 5.39. The predicted molar refractivity (Wildman–Crippen MR) is 131 cm³/mol. The lowest BCUT2D eigenvalue weighted by atomic mass is 9.96. The fraction of sp³-hybridized carbons (Fsp3) is 1.00. The maximum absolute atomic E-state index is 11.0. The van der Waals surface area contributed by atoms with Crippen molar-refractivity contribution in [2.75, 3.05) is 13.2 Å². The molecule has 4 heterocycles. The molecule has 0 radical (unpaired) electrons. The molecule has 0 amide bonds. The molecule has 12 N–H and O–H groups in total. The second-order valence-electron chi connectivity index (χ2n) is 11.1. The van der Waals surface area contributed by atoms with E-state index in [0.717, 1.165) is 0 Å². The molecule has 4 aliphatic rings. The summed E-state index contributed by atoms with van der Waals surface area (Å²) in [4.78, 5) is 0. The Morgan fingerprint density at radius 3 is 1.44 bits per heavy atom. The monoisotopic (exact) mass is 634 g/mol. The van der Waals surface area contributed by atoms with Crippen LogP contribution in [0.25, 0.3) is 0 Å². The number of rotatable bonds is 8. The van der Waals surface area contributed by atoms with Gasteiger partial charge in [0.05, 0.1) is 25.4 Å². The standard InChI is InChI=1S/C24H42O19/c1-5-9(27)13(31)16(34)22(38-5)42-19-15(33)12(30)8(4-26)40-24(19)41-18-10(28)6(2)37-21(36)20(18)43-23-17(35)14(32)11(29)7(3-25)39-23/h5-36H,3-4H2,1-2H3/t5-,6+,7+,8+,9-,10-,11+,12+,13+,14-,15-,16+,17+,18-,19+,20+,21+,22-,23-,24-/m0/s1. The van der Waals surface area contributed by atoms with Gasteiger partial charge in [-0.2, -0.15) is 0 Å². The lowest BCUT2D eigenvalue weighted by molar-refractivity contribution is -0.399. The number of aliphatic hydroxyl groups excluding tert-OH is 12. The Bertz CT molecular complexity index is 884. The minimum atomic E-state index is -1.91. The summed E-state index contributed by atoms with van der Waals surface area (Å²) in [6, 6.07) is 0. The Hall–Kier alpha value is -0.760. The molecule has 4 rings (SSSR count). The SMILES string of the molecule is C[C@@H]1O[C@@H](O[C@H]2[C@H](O[C@H]3[C@@H](O)[C@@H](C)O[C@@H](O)[C@@H]3O[C@@H]3O[C@H](CO)[C@@H](O)[C@H](O)[C@H]3O)O[C@H](CO)[C@@H](O)[C@@H]2O)[C@H](O)[C@H](O)[C@H]1O. The average Bonchev–Trinajstić information content (AvgIpc) is 2.98. The second kappa shape index (κ2) is 14.3.